The van der Waals surface area contributed by atoms with Crippen molar-refractivity contribution >= 4 is 17.6 Å². The lowest BCUT2D eigenvalue weighted by Crippen LogP contribution is -2.46. The Morgan fingerprint density at radius 1 is 1.04 bits per heavy atom. The van der Waals surface area contributed by atoms with Gasteiger partial charge in [0.1, 0.15) is 0 Å². The lowest BCUT2D eigenvalue weighted by molar-refractivity contribution is -0.137. The Labute approximate surface area is 146 Å². The number of ether oxygens (including phenoxy) is 2. The van der Waals surface area contributed by atoms with Gasteiger partial charge in [-0.1, -0.05) is 31.0 Å². The smallest absolute Gasteiger partial charge is 0.287 e. The highest BCUT2D eigenvalue weighted by Crippen LogP contribution is 2.13. The van der Waals surface area contributed by atoms with Gasteiger partial charge in [-0.05, 0) is 24.5 Å². The molecule has 2 amide bonds. The first kappa shape index (κ1) is 19.1. The van der Waals surface area contributed by atoms with Crippen LogP contribution in [0.2, 0.25) is 0 Å². The van der Waals surface area contributed by atoms with Crippen LogP contribution in [0, 0.1) is 0 Å². The number of nitrogens with one attached hydrogen (secondary N) is 1. The number of carbonyl (C=O) groups is 3. The Kier molecular flexibility index (Phi) is 7.56. The summed E-state index contributed by atoms with van der Waals surface area (Å²) >= 11 is 0. The maximum absolute atomic E-state index is 12.6. The molecule has 0 saturated carbocycles. The van der Waals surface area contributed by atoms with Gasteiger partial charge >= 0.3 is 0 Å². The molecule has 0 unspecified atom stereocenters. The van der Waals surface area contributed by atoms with Gasteiger partial charge in [-0.25, -0.2) is 0 Å². The van der Waals surface area contributed by atoms with Crippen LogP contribution < -0.4 is 11.1 Å². The van der Waals surface area contributed by atoms with Crippen LogP contribution in [0.5, 0.6) is 0 Å². The molecule has 0 bridgehead atoms. The van der Waals surface area contributed by atoms with E-state index < -0.39 is 23.6 Å². The van der Waals surface area contributed by atoms with Gasteiger partial charge in [-0.15, -0.1) is 0 Å². The van der Waals surface area contributed by atoms with E-state index in [1.807, 2.05) is 6.07 Å². The summed E-state index contributed by atoms with van der Waals surface area (Å²) in [6, 6.07) is 6.09. The minimum atomic E-state index is -1.04. The van der Waals surface area contributed by atoms with E-state index in [1.54, 1.807) is 18.2 Å². The zero-order valence-electron chi connectivity index (χ0n) is 14.2. The zero-order valence-corrected chi connectivity index (χ0v) is 14.2. The van der Waals surface area contributed by atoms with Crippen LogP contribution in [-0.2, 0) is 25.7 Å². The standard InChI is InChI=1S/C18H24N2O5/c19-17(22)16(21)15-8-2-1-5-9-24-10-11-25-12-13-6-3-4-7-14(13)18(23)20-15/h3-4,6-7,15H,1-2,5,8-12H2,(H2,19,22)(H,20,23)/t15-/m0/s1. The first-order chi connectivity index (χ1) is 12.1. The second kappa shape index (κ2) is 9.90. The maximum Gasteiger partial charge on any atom is 0.287 e. The molecule has 0 fully saturated rings. The maximum atomic E-state index is 12.6. The van der Waals surface area contributed by atoms with Crippen LogP contribution in [0.4, 0.5) is 0 Å². The second-order valence-corrected chi connectivity index (χ2v) is 5.93. The molecule has 7 nitrogen and oxygen atoms in total. The molecule has 1 aliphatic heterocycles. The molecule has 2 rings (SSSR count). The number of carbonyl (C=O) groups excluding carboxylic acids is 3. The van der Waals surface area contributed by atoms with Crippen LogP contribution >= 0.6 is 0 Å². The van der Waals surface area contributed by atoms with Crippen LogP contribution in [0.15, 0.2) is 24.3 Å². The van der Waals surface area contributed by atoms with Gasteiger partial charge in [0.15, 0.2) is 0 Å². The highest BCUT2D eigenvalue weighted by atomic mass is 16.5. The number of nitrogens with two attached hydrogens (primary N) is 1. The fourth-order valence-electron chi connectivity index (χ4n) is 2.68. The Balaban J connectivity index is 2.18. The molecule has 1 aliphatic rings. The molecular formula is C18H24N2O5. The van der Waals surface area contributed by atoms with Gasteiger partial charge in [0.2, 0.25) is 5.78 Å². The van der Waals surface area contributed by atoms with Crippen molar-refractivity contribution in [2.24, 2.45) is 5.73 Å². The number of primary amides is 1. The molecule has 0 radical (unpaired) electrons. The lowest BCUT2D eigenvalue weighted by Gasteiger charge is -2.17. The van der Waals surface area contributed by atoms with E-state index in [9.17, 15) is 14.4 Å². The molecule has 1 atom stereocenters. The average molecular weight is 348 g/mol. The van der Waals surface area contributed by atoms with Gasteiger partial charge in [0, 0.05) is 12.2 Å². The monoisotopic (exact) mass is 348 g/mol. The summed E-state index contributed by atoms with van der Waals surface area (Å²) < 4.78 is 11.0. The molecule has 0 aromatic heterocycles. The molecule has 0 aliphatic carbocycles. The van der Waals surface area contributed by atoms with Crippen LogP contribution in [0.3, 0.4) is 0 Å². The number of benzene rings is 1. The number of ketones is 1. The summed E-state index contributed by atoms with van der Waals surface area (Å²) in [6.07, 6.45) is 2.72. The number of rotatable bonds is 2. The predicted molar refractivity (Wildman–Crippen MR) is 90.8 cm³/mol. The fourth-order valence-corrected chi connectivity index (χ4v) is 2.68. The Hall–Kier alpha value is -2.25. The number of hydrogen-bond donors (Lipinski definition) is 2. The predicted octanol–water partition coefficient (Wildman–Crippen LogP) is 0.947. The van der Waals surface area contributed by atoms with Crippen LogP contribution in [-0.4, -0.2) is 43.5 Å². The highest BCUT2D eigenvalue weighted by molar-refractivity contribution is 6.38. The Bertz CT molecular complexity index is 617. The number of fused-ring (bicyclic) bond motifs is 1. The topological polar surface area (TPSA) is 108 Å². The molecule has 0 spiro atoms. The molecule has 1 aromatic rings. The van der Waals surface area contributed by atoms with Crippen molar-refractivity contribution in [3.05, 3.63) is 35.4 Å². The van der Waals surface area contributed by atoms with Gasteiger partial charge in [0.25, 0.3) is 11.8 Å². The summed E-state index contributed by atoms with van der Waals surface area (Å²) in [4.78, 5) is 35.8. The first-order valence-electron chi connectivity index (χ1n) is 8.47. The SMILES string of the molecule is NC(=O)C(=O)[C@@H]1CCCCCOCCOCc2ccccc2C(=O)N1. The zero-order chi connectivity index (χ0) is 18.1. The van der Waals surface area contributed by atoms with Crippen molar-refractivity contribution < 1.29 is 23.9 Å². The first-order valence-corrected chi connectivity index (χ1v) is 8.47. The quantitative estimate of drug-likeness (QED) is 0.774. The molecule has 3 N–H and O–H groups in total. The third-order valence-corrected chi connectivity index (χ3v) is 4.04. The Morgan fingerprint density at radius 2 is 1.80 bits per heavy atom. The van der Waals surface area contributed by atoms with Crippen molar-refractivity contribution in [1.82, 2.24) is 5.32 Å². The summed E-state index contributed by atoms with van der Waals surface area (Å²) in [5, 5.41) is 2.65. The molecule has 25 heavy (non-hydrogen) atoms. The van der Waals surface area contributed by atoms with Gasteiger partial charge in [0.05, 0.1) is 25.9 Å². The van der Waals surface area contributed by atoms with Crippen molar-refractivity contribution in [1.29, 1.82) is 0 Å². The van der Waals surface area contributed by atoms with E-state index in [1.165, 1.54) is 0 Å². The summed E-state index contributed by atoms with van der Waals surface area (Å²) in [5.41, 5.74) is 6.23. The van der Waals surface area contributed by atoms with Crippen molar-refractivity contribution in [3.8, 4) is 0 Å². The number of hydrogen-bond acceptors (Lipinski definition) is 5. The molecular weight excluding hydrogens is 324 g/mol. The third-order valence-electron chi connectivity index (χ3n) is 4.04. The van der Waals surface area contributed by atoms with E-state index in [0.717, 1.165) is 12.8 Å². The van der Waals surface area contributed by atoms with E-state index in [2.05, 4.69) is 5.32 Å². The van der Waals surface area contributed by atoms with Crippen molar-refractivity contribution in [2.75, 3.05) is 19.8 Å². The van der Waals surface area contributed by atoms with E-state index in [4.69, 9.17) is 15.2 Å². The lowest BCUT2D eigenvalue weighted by atomic mass is 10.0. The summed E-state index contributed by atoms with van der Waals surface area (Å²) in [7, 11) is 0. The third kappa shape index (κ3) is 5.95. The van der Waals surface area contributed by atoms with Crippen molar-refractivity contribution in [2.45, 2.75) is 38.3 Å². The summed E-state index contributed by atoms with van der Waals surface area (Å²) in [6.45, 7) is 1.82. The molecule has 7 heteroatoms. The Morgan fingerprint density at radius 3 is 2.60 bits per heavy atom. The molecule has 1 aromatic carbocycles. The second-order valence-electron chi connectivity index (χ2n) is 5.93. The minimum Gasteiger partial charge on any atom is -0.379 e. The largest absolute Gasteiger partial charge is 0.379 e. The normalized spacial score (nSPS) is 20.5. The van der Waals surface area contributed by atoms with Crippen LogP contribution in [0.1, 0.15) is 41.6 Å². The van der Waals surface area contributed by atoms with E-state index >= 15 is 0 Å². The fraction of sp³-hybridized carbons (Fsp3) is 0.500. The van der Waals surface area contributed by atoms with Crippen LogP contribution in [0.25, 0.3) is 0 Å². The van der Waals surface area contributed by atoms with E-state index in [-0.39, 0.29) is 6.61 Å². The average Bonchev–Trinajstić information content (AvgIpc) is 2.61. The summed E-state index contributed by atoms with van der Waals surface area (Å²) in [5.74, 6) is -2.23. The molecule has 136 valence electrons. The molecule has 0 saturated heterocycles. The van der Waals surface area contributed by atoms with Gasteiger partial charge in [-0.2, -0.15) is 0 Å². The highest BCUT2D eigenvalue weighted by Gasteiger charge is 2.25. The van der Waals surface area contributed by atoms with Gasteiger partial charge in [-0.3, -0.25) is 14.4 Å². The van der Waals surface area contributed by atoms with Gasteiger partial charge < -0.3 is 20.5 Å². The number of amides is 2. The van der Waals surface area contributed by atoms with E-state index in [0.29, 0.717) is 43.8 Å². The number of Topliss-reactive ketones (excluding diaryl/α,β-unsaturated/α-hetero) is 1. The van der Waals surface area contributed by atoms with Crippen molar-refractivity contribution in [3.63, 3.8) is 0 Å². The minimum absolute atomic E-state index is 0.265. The molecule has 1 heterocycles.